The van der Waals surface area contributed by atoms with Gasteiger partial charge in [-0.1, -0.05) is 6.92 Å². The second-order valence-electron chi connectivity index (χ2n) is 19.0. The summed E-state index contributed by atoms with van der Waals surface area (Å²) in [6.45, 7) is 8.79. The van der Waals surface area contributed by atoms with E-state index < -0.39 is 22.0 Å². The zero-order valence-electron chi connectivity index (χ0n) is 40.5. The lowest BCUT2D eigenvalue weighted by Gasteiger charge is -2.43. The Balaban J connectivity index is 0.715. The molecule has 72 heavy (non-hydrogen) atoms. The van der Waals surface area contributed by atoms with Gasteiger partial charge in [0.2, 0.25) is 33.7 Å². The summed E-state index contributed by atoms with van der Waals surface area (Å²) in [6, 6.07) is 13.3. The summed E-state index contributed by atoms with van der Waals surface area (Å²) in [6.07, 6.45) is 10.8. The number of aryl methyl sites for hydroxylation is 1. The molecule has 2 aromatic heterocycles. The van der Waals surface area contributed by atoms with E-state index in [1.54, 1.807) is 36.5 Å². The number of piperidine rings is 3. The quantitative estimate of drug-likeness (QED) is 0.108. The van der Waals surface area contributed by atoms with Crippen molar-refractivity contribution in [2.45, 2.75) is 70.5 Å². The average molecular weight is 1070 g/mol. The number of nitrogens with one attached hydrogen (secondary N) is 4. The number of piperazine rings is 1. The molecule has 0 unspecified atom stereocenters. The fourth-order valence-electron chi connectivity index (χ4n) is 10.8. The second kappa shape index (κ2) is 20.5. The van der Waals surface area contributed by atoms with Crippen LogP contribution in [0.5, 0.6) is 5.75 Å². The van der Waals surface area contributed by atoms with Gasteiger partial charge in [-0.3, -0.25) is 39.2 Å². The van der Waals surface area contributed by atoms with E-state index >= 15 is 0 Å². The molecule has 4 fully saturated rings. The molecule has 0 radical (unpaired) electrons. The highest BCUT2D eigenvalue weighted by atomic mass is 79.9. The highest BCUT2D eigenvalue weighted by Crippen LogP contribution is 2.39. The minimum absolute atomic E-state index is 0.0199. The lowest BCUT2D eigenvalue weighted by Crippen LogP contribution is -2.53. The summed E-state index contributed by atoms with van der Waals surface area (Å²) < 4.78 is 33.8. The molecule has 5 aliphatic rings. The van der Waals surface area contributed by atoms with Crippen LogP contribution in [0.2, 0.25) is 0 Å². The van der Waals surface area contributed by atoms with Gasteiger partial charge in [0.25, 0.3) is 5.91 Å². The van der Waals surface area contributed by atoms with Gasteiger partial charge in [0.15, 0.2) is 0 Å². The van der Waals surface area contributed by atoms with E-state index in [9.17, 15) is 27.6 Å². The van der Waals surface area contributed by atoms with Crippen molar-refractivity contribution < 1.29 is 32.3 Å². The Morgan fingerprint density at radius 1 is 0.861 bits per heavy atom. The maximum absolute atomic E-state index is 13.9. The van der Waals surface area contributed by atoms with Gasteiger partial charge in [0.1, 0.15) is 23.1 Å². The molecule has 4 saturated heterocycles. The number of hydrogen-bond acceptors (Lipinski definition) is 16. The van der Waals surface area contributed by atoms with Crippen LogP contribution in [-0.2, 0) is 37.4 Å². The van der Waals surface area contributed by atoms with E-state index in [2.05, 4.69) is 85.3 Å². The van der Waals surface area contributed by atoms with E-state index in [0.29, 0.717) is 95.1 Å². The Morgan fingerprint density at radius 3 is 2.35 bits per heavy atom. The number of anilines is 7. The molecule has 5 aromatic rings. The van der Waals surface area contributed by atoms with Crippen LogP contribution in [0.1, 0.15) is 66.9 Å². The molecule has 7 heterocycles. The topological polar surface area (TPSA) is 228 Å². The van der Waals surface area contributed by atoms with E-state index in [-0.39, 0.29) is 35.7 Å². The number of amides is 4. The standard InChI is InChI=1S/C50H58BrN13O7S/c1-4-30-26-39(56-50-54-28-36(51)46(58-50)55-38-8-7-37-44(53-16-15-52-37)45(38)59-72(3,69)70)42(71-2)27-41(30)62-19-13-33(14-20-62)60-17-11-31(12-18-60)48(67)63-23-21-61(22-24-63)34-5-6-35-32(25-34)29-64(49(35)68)40-9-10-43(65)57-47(40)66/h5-8,15-16,25-28,31,33,40,59H,4,9-14,17-24,29H2,1-3H3,(H,57,65,66)(H2,54,55,56,58)/t40-/m0/s1. The summed E-state index contributed by atoms with van der Waals surface area (Å²) in [5, 5.41) is 8.96. The molecule has 10 rings (SSSR count). The van der Waals surface area contributed by atoms with Crippen LogP contribution in [0, 0.1) is 5.92 Å². The van der Waals surface area contributed by atoms with Gasteiger partial charge in [0, 0.05) is 106 Å². The molecule has 22 heteroatoms. The van der Waals surface area contributed by atoms with Crippen molar-refractivity contribution in [3.05, 3.63) is 82.2 Å². The second-order valence-corrected chi connectivity index (χ2v) is 21.6. The Bertz CT molecular complexity index is 3050. The molecule has 20 nitrogen and oxygen atoms in total. The summed E-state index contributed by atoms with van der Waals surface area (Å²) in [7, 11) is -2.01. The van der Waals surface area contributed by atoms with Crippen LogP contribution < -0.4 is 35.2 Å². The first-order valence-corrected chi connectivity index (χ1v) is 27.2. The number of sulfonamides is 1. The minimum Gasteiger partial charge on any atom is -0.494 e. The Labute approximate surface area is 426 Å². The number of imide groups is 1. The summed E-state index contributed by atoms with van der Waals surface area (Å²) in [5.74, 6) is 0.718. The van der Waals surface area contributed by atoms with Gasteiger partial charge in [-0.15, -0.1) is 0 Å². The molecule has 5 aliphatic heterocycles. The molecule has 4 amide bonds. The lowest BCUT2D eigenvalue weighted by molar-refractivity contribution is -0.138. The molecule has 4 N–H and O–H groups in total. The number of benzene rings is 3. The van der Waals surface area contributed by atoms with Crippen molar-refractivity contribution in [2.75, 3.05) is 90.9 Å². The number of methoxy groups -OCH3 is 1. The van der Waals surface area contributed by atoms with Gasteiger partial charge < -0.3 is 39.9 Å². The third kappa shape index (κ3) is 10.2. The number of carbonyl (C=O) groups is 4. The van der Waals surface area contributed by atoms with E-state index in [1.807, 2.05) is 23.1 Å². The van der Waals surface area contributed by atoms with Gasteiger partial charge in [-0.2, -0.15) is 4.98 Å². The number of hydrogen-bond donors (Lipinski definition) is 4. The number of rotatable bonds is 13. The molecule has 378 valence electrons. The van der Waals surface area contributed by atoms with E-state index in [4.69, 9.17) is 9.72 Å². The average Bonchev–Trinajstić information content (AvgIpc) is 3.71. The number of halogens is 1. The van der Waals surface area contributed by atoms with Crippen molar-refractivity contribution >= 4 is 101 Å². The van der Waals surface area contributed by atoms with Gasteiger partial charge in [-0.05, 0) is 115 Å². The molecule has 1 atom stereocenters. The van der Waals surface area contributed by atoms with Crippen LogP contribution in [0.3, 0.4) is 0 Å². The third-order valence-electron chi connectivity index (χ3n) is 14.6. The smallest absolute Gasteiger partial charge is 0.255 e. The Kier molecular flexibility index (Phi) is 13.9. The van der Waals surface area contributed by atoms with Crippen LogP contribution in [0.15, 0.2) is 65.5 Å². The van der Waals surface area contributed by atoms with Gasteiger partial charge in [-0.25, -0.2) is 13.4 Å². The molecule has 0 spiro atoms. The zero-order valence-corrected chi connectivity index (χ0v) is 42.9. The monoisotopic (exact) mass is 1060 g/mol. The van der Waals surface area contributed by atoms with Crippen LogP contribution in [0.25, 0.3) is 11.0 Å². The predicted molar refractivity (Wildman–Crippen MR) is 277 cm³/mol. The maximum Gasteiger partial charge on any atom is 0.255 e. The zero-order chi connectivity index (χ0) is 50.3. The molecular formula is C50H58BrN13O7S. The van der Waals surface area contributed by atoms with Crippen molar-refractivity contribution in [2.24, 2.45) is 5.92 Å². The fourth-order valence-corrected chi connectivity index (χ4v) is 11.7. The normalized spacial score (nSPS) is 19.4. The van der Waals surface area contributed by atoms with Crippen LogP contribution >= 0.6 is 15.9 Å². The molecule has 3 aromatic carbocycles. The van der Waals surface area contributed by atoms with Crippen molar-refractivity contribution in [1.29, 1.82) is 0 Å². The molecule has 0 aliphatic carbocycles. The number of nitrogens with zero attached hydrogens (tertiary/aromatic N) is 9. The SMILES string of the molecule is CCc1cc(Nc2ncc(Br)c(Nc3ccc4nccnc4c3NS(C)(=O)=O)n2)c(OC)cc1N1CCC(N2CCC(C(=O)N3CCN(c4ccc5c(c4)CN([C@H]4CCC(=O)NC4=O)C5=O)CC3)CC2)CC1. The van der Waals surface area contributed by atoms with Crippen molar-refractivity contribution in [3.8, 4) is 5.75 Å². The Morgan fingerprint density at radius 2 is 1.62 bits per heavy atom. The predicted octanol–water partition coefficient (Wildman–Crippen LogP) is 5.40. The molecular weight excluding hydrogens is 1010 g/mol. The van der Waals surface area contributed by atoms with E-state index in [0.717, 1.165) is 87.0 Å². The number of fused-ring (bicyclic) bond motifs is 2. The molecule has 0 bridgehead atoms. The van der Waals surface area contributed by atoms with Crippen molar-refractivity contribution in [3.63, 3.8) is 0 Å². The number of likely N-dealkylation sites (tertiary alicyclic amines) is 1. The number of aromatic nitrogens is 4. The number of ether oxygens (including phenoxy) is 1. The van der Waals surface area contributed by atoms with Crippen LogP contribution in [0.4, 0.5) is 40.2 Å². The highest BCUT2D eigenvalue weighted by Gasteiger charge is 2.40. The number of carbonyl (C=O) groups excluding carboxylic acids is 4. The maximum atomic E-state index is 13.9. The van der Waals surface area contributed by atoms with E-state index in [1.165, 1.54) is 6.20 Å². The summed E-state index contributed by atoms with van der Waals surface area (Å²) >= 11 is 3.54. The first kappa shape index (κ1) is 49.0. The summed E-state index contributed by atoms with van der Waals surface area (Å²) in [4.78, 5) is 80.1. The fraction of sp³-hybridized carbons (Fsp3) is 0.440. The highest BCUT2D eigenvalue weighted by molar-refractivity contribution is 9.10. The first-order valence-electron chi connectivity index (χ1n) is 24.5. The Hall–Kier alpha value is -6.65. The third-order valence-corrected chi connectivity index (χ3v) is 15.8. The largest absolute Gasteiger partial charge is 0.494 e. The van der Waals surface area contributed by atoms with Crippen molar-refractivity contribution in [1.82, 2.24) is 40.0 Å². The molecule has 0 saturated carbocycles. The summed E-state index contributed by atoms with van der Waals surface area (Å²) in [5.41, 5.74) is 7.07. The van der Waals surface area contributed by atoms with Gasteiger partial charge in [0.05, 0.1) is 40.4 Å². The van der Waals surface area contributed by atoms with Gasteiger partial charge >= 0.3 is 0 Å². The minimum atomic E-state index is -3.66. The first-order chi connectivity index (χ1) is 34.7. The lowest BCUT2D eigenvalue weighted by atomic mass is 9.92. The van der Waals surface area contributed by atoms with Crippen LogP contribution in [-0.4, -0.2) is 144 Å².